The molecule has 118 valence electrons. The molecule has 1 unspecified atom stereocenters. The first kappa shape index (κ1) is 16.2. The predicted octanol–water partition coefficient (Wildman–Crippen LogP) is 1.95. The number of nitrogens with one attached hydrogen (secondary N) is 1. The molecule has 0 aliphatic carbocycles. The van der Waals surface area contributed by atoms with Crippen molar-refractivity contribution >= 4 is 5.91 Å². The molecular formula is C17H23N3O2. The number of aromatic nitrogens is 2. The van der Waals surface area contributed by atoms with Crippen LogP contribution < -0.4 is 5.32 Å². The lowest BCUT2D eigenvalue weighted by molar-refractivity contribution is -0.123. The van der Waals surface area contributed by atoms with Crippen LogP contribution in [-0.4, -0.2) is 26.9 Å². The highest BCUT2D eigenvalue weighted by atomic mass is 16.3. The summed E-state index contributed by atoms with van der Waals surface area (Å²) in [6.45, 7) is 4.93. The molecule has 0 saturated carbocycles. The van der Waals surface area contributed by atoms with Crippen molar-refractivity contribution in [3.05, 3.63) is 53.9 Å². The smallest absolute Gasteiger partial charge is 0.222 e. The fraction of sp³-hybridized carbons (Fsp3) is 0.412. The summed E-state index contributed by atoms with van der Waals surface area (Å²) in [5, 5.41) is 16.8. The van der Waals surface area contributed by atoms with E-state index in [9.17, 15) is 9.90 Å². The van der Waals surface area contributed by atoms with Gasteiger partial charge in [-0.25, -0.2) is 0 Å². The lowest BCUT2D eigenvalue weighted by atomic mass is 10.0. The van der Waals surface area contributed by atoms with Gasteiger partial charge in [-0.15, -0.1) is 0 Å². The number of nitrogens with zero attached hydrogens (tertiary/aromatic N) is 2. The van der Waals surface area contributed by atoms with Crippen molar-refractivity contribution in [2.75, 3.05) is 0 Å². The SMILES string of the molecule is CC(C)C(O)CC(=O)NCc1cnn(Cc2ccccc2)c1. The van der Waals surface area contributed by atoms with E-state index in [-0.39, 0.29) is 18.2 Å². The van der Waals surface area contributed by atoms with E-state index in [1.165, 1.54) is 5.56 Å². The zero-order valence-corrected chi connectivity index (χ0v) is 13.1. The molecular weight excluding hydrogens is 278 g/mol. The molecule has 0 saturated heterocycles. The first-order valence-electron chi connectivity index (χ1n) is 7.54. The Morgan fingerprint density at radius 1 is 1.27 bits per heavy atom. The van der Waals surface area contributed by atoms with E-state index in [1.807, 2.05) is 42.9 Å². The van der Waals surface area contributed by atoms with Crippen molar-refractivity contribution < 1.29 is 9.90 Å². The van der Waals surface area contributed by atoms with Crippen molar-refractivity contribution in [1.29, 1.82) is 0 Å². The number of aliphatic hydroxyl groups excluding tert-OH is 1. The zero-order chi connectivity index (χ0) is 15.9. The van der Waals surface area contributed by atoms with Gasteiger partial charge in [-0.1, -0.05) is 44.2 Å². The number of carbonyl (C=O) groups excluding carboxylic acids is 1. The van der Waals surface area contributed by atoms with Crippen LogP contribution in [0.4, 0.5) is 0 Å². The molecule has 0 spiro atoms. The minimum absolute atomic E-state index is 0.0828. The van der Waals surface area contributed by atoms with Crippen LogP contribution in [0.15, 0.2) is 42.7 Å². The van der Waals surface area contributed by atoms with Crippen molar-refractivity contribution in [2.24, 2.45) is 5.92 Å². The molecule has 0 aliphatic rings. The molecule has 1 aromatic carbocycles. The maximum absolute atomic E-state index is 11.7. The Bertz CT molecular complexity index is 593. The second-order valence-corrected chi connectivity index (χ2v) is 5.82. The van der Waals surface area contributed by atoms with Crippen molar-refractivity contribution in [3.8, 4) is 0 Å². The summed E-state index contributed by atoms with van der Waals surface area (Å²) in [6.07, 6.45) is 3.21. The minimum Gasteiger partial charge on any atom is -0.392 e. The zero-order valence-electron chi connectivity index (χ0n) is 13.1. The number of hydrogen-bond donors (Lipinski definition) is 2. The van der Waals surface area contributed by atoms with Gasteiger partial charge in [0.05, 0.1) is 25.3 Å². The monoisotopic (exact) mass is 301 g/mol. The molecule has 0 fully saturated rings. The van der Waals surface area contributed by atoms with Crippen LogP contribution in [0.25, 0.3) is 0 Å². The summed E-state index contributed by atoms with van der Waals surface area (Å²) in [5.74, 6) is -0.0589. The van der Waals surface area contributed by atoms with E-state index in [2.05, 4.69) is 22.5 Å². The average Bonchev–Trinajstić information content (AvgIpc) is 2.93. The minimum atomic E-state index is -0.596. The van der Waals surface area contributed by atoms with Crippen LogP contribution >= 0.6 is 0 Å². The third-order valence-electron chi connectivity index (χ3n) is 3.53. The van der Waals surface area contributed by atoms with Crippen molar-refractivity contribution in [2.45, 2.75) is 39.5 Å². The van der Waals surface area contributed by atoms with E-state index in [0.29, 0.717) is 13.1 Å². The fourth-order valence-corrected chi connectivity index (χ4v) is 2.05. The van der Waals surface area contributed by atoms with Gasteiger partial charge >= 0.3 is 0 Å². The molecule has 5 heteroatoms. The molecule has 1 heterocycles. The van der Waals surface area contributed by atoms with Crippen molar-refractivity contribution in [3.63, 3.8) is 0 Å². The van der Waals surface area contributed by atoms with E-state index < -0.39 is 6.10 Å². The van der Waals surface area contributed by atoms with Gasteiger partial charge < -0.3 is 10.4 Å². The van der Waals surface area contributed by atoms with E-state index >= 15 is 0 Å². The highest BCUT2D eigenvalue weighted by Gasteiger charge is 2.14. The van der Waals surface area contributed by atoms with Gasteiger partial charge in [-0.3, -0.25) is 9.48 Å². The van der Waals surface area contributed by atoms with Crippen LogP contribution in [0.1, 0.15) is 31.4 Å². The van der Waals surface area contributed by atoms with E-state index in [1.54, 1.807) is 6.20 Å². The average molecular weight is 301 g/mol. The molecule has 0 bridgehead atoms. The lowest BCUT2D eigenvalue weighted by Gasteiger charge is -2.13. The number of amides is 1. The molecule has 1 aromatic heterocycles. The largest absolute Gasteiger partial charge is 0.392 e. The fourth-order valence-electron chi connectivity index (χ4n) is 2.05. The van der Waals surface area contributed by atoms with Gasteiger partial charge in [-0.05, 0) is 11.5 Å². The van der Waals surface area contributed by atoms with Gasteiger partial charge in [0.25, 0.3) is 0 Å². The van der Waals surface area contributed by atoms with Gasteiger partial charge in [0.15, 0.2) is 0 Å². The normalized spacial score (nSPS) is 12.4. The Kier molecular flexibility index (Phi) is 5.72. The summed E-state index contributed by atoms with van der Waals surface area (Å²) in [7, 11) is 0. The summed E-state index contributed by atoms with van der Waals surface area (Å²) >= 11 is 0. The number of aliphatic hydroxyl groups is 1. The lowest BCUT2D eigenvalue weighted by Crippen LogP contribution is -2.29. The van der Waals surface area contributed by atoms with Crippen LogP contribution in [-0.2, 0) is 17.9 Å². The van der Waals surface area contributed by atoms with E-state index in [0.717, 1.165) is 5.56 Å². The van der Waals surface area contributed by atoms with Gasteiger partial charge in [0, 0.05) is 18.3 Å². The second kappa shape index (κ2) is 7.75. The Morgan fingerprint density at radius 2 is 2.00 bits per heavy atom. The molecule has 0 aliphatic heterocycles. The van der Waals surface area contributed by atoms with Crippen LogP contribution in [0.3, 0.4) is 0 Å². The van der Waals surface area contributed by atoms with Gasteiger partial charge in [-0.2, -0.15) is 5.10 Å². The summed E-state index contributed by atoms with van der Waals surface area (Å²) in [4.78, 5) is 11.7. The van der Waals surface area contributed by atoms with Gasteiger partial charge in [0.1, 0.15) is 0 Å². The molecule has 0 radical (unpaired) electrons. The summed E-state index contributed by atoms with van der Waals surface area (Å²) < 4.78 is 1.85. The third kappa shape index (κ3) is 5.00. The van der Waals surface area contributed by atoms with Crippen molar-refractivity contribution in [1.82, 2.24) is 15.1 Å². The van der Waals surface area contributed by atoms with Crippen LogP contribution in [0.5, 0.6) is 0 Å². The molecule has 1 amide bonds. The number of carbonyl (C=O) groups is 1. The maximum Gasteiger partial charge on any atom is 0.222 e. The number of hydrogen-bond acceptors (Lipinski definition) is 3. The number of rotatable bonds is 7. The molecule has 5 nitrogen and oxygen atoms in total. The molecule has 1 atom stereocenters. The molecule has 2 N–H and O–H groups in total. The second-order valence-electron chi connectivity index (χ2n) is 5.82. The molecule has 22 heavy (non-hydrogen) atoms. The first-order chi connectivity index (χ1) is 10.5. The highest BCUT2D eigenvalue weighted by Crippen LogP contribution is 2.06. The standard InChI is InChI=1S/C17H23N3O2/c1-13(2)16(21)8-17(22)18-9-15-10-19-20(12-15)11-14-6-4-3-5-7-14/h3-7,10,12-13,16,21H,8-9,11H2,1-2H3,(H,18,22). The Labute approximate surface area is 131 Å². The van der Waals surface area contributed by atoms with Crippen LogP contribution in [0.2, 0.25) is 0 Å². The predicted molar refractivity (Wildman–Crippen MR) is 85.1 cm³/mol. The van der Waals surface area contributed by atoms with E-state index in [4.69, 9.17) is 0 Å². The van der Waals surface area contributed by atoms with Gasteiger partial charge in [0.2, 0.25) is 5.91 Å². The summed E-state index contributed by atoms with van der Waals surface area (Å²) in [6, 6.07) is 10.1. The molecule has 2 aromatic rings. The highest BCUT2D eigenvalue weighted by molar-refractivity contribution is 5.76. The maximum atomic E-state index is 11.7. The number of benzene rings is 1. The first-order valence-corrected chi connectivity index (χ1v) is 7.54. The Hall–Kier alpha value is -2.14. The molecule has 2 rings (SSSR count). The topological polar surface area (TPSA) is 67.2 Å². The Morgan fingerprint density at radius 3 is 2.68 bits per heavy atom. The quantitative estimate of drug-likeness (QED) is 0.821. The summed E-state index contributed by atoms with van der Waals surface area (Å²) in [5.41, 5.74) is 2.13. The van der Waals surface area contributed by atoms with Crippen LogP contribution in [0, 0.1) is 5.92 Å². The Balaban J connectivity index is 1.81. The third-order valence-corrected chi connectivity index (χ3v) is 3.53.